The van der Waals surface area contributed by atoms with Gasteiger partial charge in [-0.1, -0.05) is 25.4 Å². The molecule has 1 aromatic rings. The minimum absolute atomic E-state index is 0.777. The van der Waals surface area contributed by atoms with Gasteiger partial charge in [-0.2, -0.15) is 0 Å². The number of nitrogens with zero attached hydrogens (tertiary/aromatic N) is 1. The fourth-order valence-electron chi connectivity index (χ4n) is 1.33. The highest BCUT2D eigenvalue weighted by Gasteiger charge is 2.05. The van der Waals surface area contributed by atoms with Gasteiger partial charge in [0.15, 0.2) is 0 Å². The van der Waals surface area contributed by atoms with Gasteiger partial charge < -0.3 is 9.64 Å². The third kappa shape index (κ3) is 4.59. The van der Waals surface area contributed by atoms with Crippen LogP contribution in [0.25, 0.3) is 0 Å². The summed E-state index contributed by atoms with van der Waals surface area (Å²) >= 11 is 7.60. The van der Waals surface area contributed by atoms with Crippen LogP contribution in [0.3, 0.4) is 0 Å². The Morgan fingerprint density at radius 3 is 2.53 bits per heavy atom. The molecule has 0 unspecified atom stereocenters. The van der Waals surface area contributed by atoms with Gasteiger partial charge in [-0.05, 0) is 18.9 Å². The lowest BCUT2D eigenvalue weighted by Crippen LogP contribution is -2.32. The van der Waals surface area contributed by atoms with E-state index < -0.39 is 0 Å². The maximum atomic E-state index is 5.96. The predicted octanol–water partition coefficient (Wildman–Crippen LogP) is 3.38. The van der Waals surface area contributed by atoms with Gasteiger partial charge in [-0.3, -0.25) is 0 Å². The average Bonchev–Trinajstić information content (AvgIpc) is 2.70. The molecule has 0 N–H and O–H groups in total. The first-order valence-corrected chi connectivity index (χ1v) is 7.05. The molecular formula is C13H18ClNOS. The molecular weight excluding hydrogens is 254 g/mol. The molecule has 4 heteroatoms. The molecule has 0 amide bonds. The van der Waals surface area contributed by atoms with Crippen LogP contribution in [0.15, 0.2) is 6.07 Å². The Bertz CT molecular complexity index is 380. The van der Waals surface area contributed by atoms with Crippen LogP contribution in [-0.4, -0.2) is 31.2 Å². The molecule has 0 atom stereocenters. The Labute approximate surface area is 113 Å². The molecule has 1 saturated heterocycles. The van der Waals surface area contributed by atoms with E-state index in [9.17, 15) is 0 Å². The van der Waals surface area contributed by atoms with Crippen molar-refractivity contribution in [3.05, 3.63) is 20.8 Å². The van der Waals surface area contributed by atoms with Crippen molar-refractivity contribution >= 4 is 22.9 Å². The highest BCUT2D eigenvalue weighted by atomic mass is 35.5. The number of hydrogen-bond acceptors (Lipinski definition) is 3. The zero-order valence-electron chi connectivity index (χ0n) is 10.5. The summed E-state index contributed by atoms with van der Waals surface area (Å²) in [4.78, 5) is 4.25. The lowest BCUT2D eigenvalue weighted by Gasteiger charge is -2.22. The highest BCUT2D eigenvalue weighted by molar-refractivity contribution is 7.13. The van der Waals surface area contributed by atoms with E-state index in [4.69, 9.17) is 16.3 Å². The molecule has 2 heterocycles. The van der Waals surface area contributed by atoms with Crippen LogP contribution in [-0.2, 0) is 4.74 Å². The minimum Gasteiger partial charge on any atom is -0.378 e. The Morgan fingerprint density at radius 1 is 1.35 bits per heavy atom. The molecule has 0 aromatic carbocycles. The zero-order valence-corrected chi connectivity index (χ0v) is 12.1. The molecule has 1 fully saturated rings. The normalized spacial score (nSPS) is 14.5. The van der Waals surface area contributed by atoms with Crippen LogP contribution in [0.4, 0.5) is 0 Å². The fraction of sp³-hybridized carbons (Fsp3) is 0.538. The minimum atomic E-state index is 0.777. The standard InChI is InChI=1S/C11H12ClNOS.C2H6/c1-9-11(12)8-10(15-9)2-3-13-4-6-14-7-5-13;1-2/h8H,4-7H2,1H3;1-2H3. The molecule has 1 aliphatic heterocycles. The third-order valence-electron chi connectivity index (χ3n) is 2.21. The van der Waals surface area contributed by atoms with Crippen LogP contribution in [0, 0.1) is 18.9 Å². The fourth-order valence-corrected chi connectivity index (χ4v) is 2.38. The van der Waals surface area contributed by atoms with Crippen molar-refractivity contribution < 1.29 is 4.74 Å². The van der Waals surface area contributed by atoms with Crippen LogP contribution in [0.1, 0.15) is 23.6 Å². The van der Waals surface area contributed by atoms with Gasteiger partial charge in [0, 0.05) is 24.0 Å². The van der Waals surface area contributed by atoms with Gasteiger partial charge in [0.1, 0.15) is 0 Å². The summed E-state index contributed by atoms with van der Waals surface area (Å²) in [7, 11) is 0. The molecule has 0 saturated carbocycles. The molecule has 0 radical (unpaired) electrons. The number of hydrogen-bond donors (Lipinski definition) is 0. The summed E-state index contributed by atoms with van der Waals surface area (Å²) in [5.41, 5.74) is 0. The summed E-state index contributed by atoms with van der Waals surface area (Å²) in [5, 5.41) is 0.811. The van der Waals surface area contributed by atoms with E-state index in [1.807, 2.05) is 26.8 Å². The molecule has 2 nitrogen and oxygen atoms in total. The maximum absolute atomic E-state index is 5.96. The topological polar surface area (TPSA) is 12.5 Å². The number of ether oxygens (including phenoxy) is 1. The number of rotatable bonds is 0. The third-order valence-corrected chi connectivity index (χ3v) is 3.68. The predicted molar refractivity (Wildman–Crippen MR) is 74.7 cm³/mol. The molecule has 0 spiro atoms. The van der Waals surface area contributed by atoms with Gasteiger partial charge in [0.2, 0.25) is 0 Å². The molecule has 1 aliphatic rings. The van der Waals surface area contributed by atoms with Crippen molar-refractivity contribution in [2.45, 2.75) is 20.8 Å². The van der Waals surface area contributed by atoms with Crippen molar-refractivity contribution in [1.29, 1.82) is 0 Å². The van der Waals surface area contributed by atoms with Crippen LogP contribution < -0.4 is 0 Å². The first-order valence-electron chi connectivity index (χ1n) is 5.86. The first kappa shape index (κ1) is 14.4. The molecule has 1 aromatic heterocycles. The summed E-state index contributed by atoms with van der Waals surface area (Å²) in [5.74, 6) is 3.13. The summed E-state index contributed by atoms with van der Waals surface area (Å²) in [6, 6.07) is 5.06. The van der Waals surface area contributed by atoms with Crippen LogP contribution in [0.2, 0.25) is 5.02 Å². The monoisotopic (exact) mass is 271 g/mol. The van der Waals surface area contributed by atoms with Gasteiger partial charge in [-0.25, -0.2) is 0 Å². The summed E-state index contributed by atoms with van der Waals surface area (Å²) in [6.07, 6.45) is 0. The first-order chi connectivity index (χ1) is 8.25. The summed E-state index contributed by atoms with van der Waals surface area (Å²) < 4.78 is 5.25. The van der Waals surface area contributed by atoms with E-state index in [0.717, 1.165) is 41.1 Å². The second-order valence-electron chi connectivity index (χ2n) is 3.35. The molecule has 2 rings (SSSR count). The average molecular weight is 272 g/mol. The van der Waals surface area contributed by atoms with E-state index >= 15 is 0 Å². The number of halogens is 1. The van der Waals surface area contributed by atoms with Crippen molar-refractivity contribution in [1.82, 2.24) is 4.90 Å². The molecule has 0 bridgehead atoms. The maximum Gasteiger partial charge on any atom is 0.0805 e. The van der Waals surface area contributed by atoms with Crippen LogP contribution >= 0.6 is 22.9 Å². The number of thiophene rings is 1. The van der Waals surface area contributed by atoms with Gasteiger partial charge in [0.05, 0.1) is 23.1 Å². The zero-order chi connectivity index (χ0) is 12.7. The smallest absolute Gasteiger partial charge is 0.0805 e. The SMILES string of the molecule is CC.Cc1sc(C#CN2CCOCC2)cc1Cl. The quantitative estimate of drug-likeness (QED) is 0.671. The van der Waals surface area contributed by atoms with E-state index in [2.05, 4.69) is 16.9 Å². The Balaban J connectivity index is 0.000000686. The lowest BCUT2D eigenvalue weighted by molar-refractivity contribution is 0.0638. The number of aryl methyl sites for hydroxylation is 1. The van der Waals surface area contributed by atoms with E-state index in [-0.39, 0.29) is 0 Å². The summed E-state index contributed by atoms with van der Waals surface area (Å²) in [6.45, 7) is 9.35. The van der Waals surface area contributed by atoms with Crippen molar-refractivity contribution in [2.75, 3.05) is 26.3 Å². The molecule has 0 aliphatic carbocycles. The Hall–Kier alpha value is -0.690. The second kappa shape index (κ2) is 7.60. The Kier molecular flexibility index (Phi) is 6.43. The Morgan fingerprint density at radius 2 is 2.00 bits per heavy atom. The highest BCUT2D eigenvalue weighted by Crippen LogP contribution is 2.24. The molecule has 94 valence electrons. The molecule has 17 heavy (non-hydrogen) atoms. The van der Waals surface area contributed by atoms with Gasteiger partial charge in [-0.15, -0.1) is 11.3 Å². The van der Waals surface area contributed by atoms with Gasteiger partial charge >= 0.3 is 0 Å². The van der Waals surface area contributed by atoms with E-state index in [1.165, 1.54) is 0 Å². The second-order valence-corrected chi connectivity index (χ2v) is 5.01. The van der Waals surface area contributed by atoms with Crippen molar-refractivity contribution in [2.24, 2.45) is 0 Å². The van der Waals surface area contributed by atoms with E-state index in [0.29, 0.717) is 0 Å². The number of morpholine rings is 1. The lowest BCUT2D eigenvalue weighted by atomic mass is 10.4. The van der Waals surface area contributed by atoms with E-state index in [1.54, 1.807) is 11.3 Å². The van der Waals surface area contributed by atoms with Crippen molar-refractivity contribution in [3.8, 4) is 12.0 Å². The van der Waals surface area contributed by atoms with Gasteiger partial charge in [0.25, 0.3) is 0 Å². The van der Waals surface area contributed by atoms with Crippen LogP contribution in [0.5, 0.6) is 0 Å². The van der Waals surface area contributed by atoms with Crippen molar-refractivity contribution in [3.63, 3.8) is 0 Å². The largest absolute Gasteiger partial charge is 0.378 e.